The van der Waals surface area contributed by atoms with Crippen LogP contribution in [0, 0.1) is 13.8 Å². The van der Waals surface area contributed by atoms with Gasteiger partial charge in [0.15, 0.2) is 0 Å². The van der Waals surface area contributed by atoms with E-state index in [4.69, 9.17) is 0 Å². The Morgan fingerprint density at radius 3 is 2.43 bits per heavy atom. The number of benzene rings is 2. The lowest BCUT2D eigenvalue weighted by Gasteiger charge is -2.23. The van der Waals surface area contributed by atoms with Crippen molar-refractivity contribution in [1.29, 1.82) is 0 Å². The predicted octanol–water partition coefficient (Wildman–Crippen LogP) is 5.36. The van der Waals surface area contributed by atoms with Crippen molar-refractivity contribution in [3.8, 4) is 0 Å². The van der Waals surface area contributed by atoms with Crippen molar-refractivity contribution in [2.45, 2.75) is 52.5 Å². The first-order chi connectivity index (χ1) is 10.1. The van der Waals surface area contributed by atoms with Crippen LogP contribution in [-0.2, 0) is 12.8 Å². The molecule has 1 atom stereocenters. The Morgan fingerprint density at radius 2 is 1.67 bits per heavy atom. The van der Waals surface area contributed by atoms with E-state index in [1.807, 2.05) is 0 Å². The molecule has 1 nitrogen and oxygen atoms in total. The molecule has 0 aromatic heterocycles. The Labute approximate surface area is 128 Å². The fourth-order valence-corrected chi connectivity index (χ4v) is 3.49. The van der Waals surface area contributed by atoms with Crippen LogP contribution in [0.15, 0.2) is 36.4 Å². The highest BCUT2D eigenvalue weighted by atomic mass is 14.9. The number of fused-ring (bicyclic) bond motifs is 1. The van der Waals surface area contributed by atoms with E-state index < -0.39 is 0 Å². The van der Waals surface area contributed by atoms with Gasteiger partial charge in [0.2, 0.25) is 0 Å². The third-order valence-corrected chi connectivity index (χ3v) is 4.51. The van der Waals surface area contributed by atoms with Crippen molar-refractivity contribution < 1.29 is 0 Å². The molecule has 0 aliphatic heterocycles. The Morgan fingerprint density at radius 1 is 0.952 bits per heavy atom. The third-order valence-electron chi connectivity index (χ3n) is 4.51. The first-order valence-corrected chi connectivity index (χ1v) is 8.09. The average Bonchev–Trinajstić information content (AvgIpc) is 2.46. The SMILES string of the molecule is Cc1cc(C)cc(C(C)Nc2cccc3c2CCCC3)c1. The molecule has 2 aromatic rings. The minimum atomic E-state index is 0.344. The maximum atomic E-state index is 3.74. The van der Waals surface area contributed by atoms with Gasteiger partial charge in [0.1, 0.15) is 0 Å². The largest absolute Gasteiger partial charge is 0.378 e. The first kappa shape index (κ1) is 14.2. The van der Waals surface area contributed by atoms with E-state index in [9.17, 15) is 0 Å². The van der Waals surface area contributed by atoms with Gasteiger partial charge >= 0.3 is 0 Å². The molecule has 1 N–H and O–H groups in total. The van der Waals surface area contributed by atoms with Crippen molar-refractivity contribution in [3.05, 3.63) is 64.2 Å². The van der Waals surface area contributed by atoms with Gasteiger partial charge in [-0.3, -0.25) is 0 Å². The number of rotatable bonds is 3. The van der Waals surface area contributed by atoms with E-state index >= 15 is 0 Å². The van der Waals surface area contributed by atoms with Crippen LogP contribution in [0.2, 0.25) is 0 Å². The molecule has 0 radical (unpaired) electrons. The van der Waals surface area contributed by atoms with Gasteiger partial charge in [0.25, 0.3) is 0 Å². The van der Waals surface area contributed by atoms with Crippen molar-refractivity contribution in [2.75, 3.05) is 5.32 Å². The average molecular weight is 279 g/mol. The van der Waals surface area contributed by atoms with Crippen molar-refractivity contribution in [2.24, 2.45) is 0 Å². The zero-order valence-corrected chi connectivity index (χ0v) is 13.4. The fourth-order valence-electron chi connectivity index (χ4n) is 3.49. The van der Waals surface area contributed by atoms with Crippen LogP contribution in [0.1, 0.15) is 53.6 Å². The number of aryl methyl sites for hydroxylation is 3. The van der Waals surface area contributed by atoms with E-state index in [1.165, 1.54) is 48.1 Å². The fraction of sp³-hybridized carbons (Fsp3) is 0.400. The van der Waals surface area contributed by atoms with E-state index in [0.717, 1.165) is 0 Å². The normalized spacial score (nSPS) is 15.4. The molecule has 0 amide bonds. The maximum absolute atomic E-state index is 3.74. The smallest absolute Gasteiger partial charge is 0.0485 e. The first-order valence-electron chi connectivity index (χ1n) is 8.09. The van der Waals surface area contributed by atoms with E-state index in [2.05, 4.69) is 62.5 Å². The van der Waals surface area contributed by atoms with Gasteiger partial charge in [-0.25, -0.2) is 0 Å². The van der Waals surface area contributed by atoms with Crippen LogP contribution in [0.3, 0.4) is 0 Å². The Hall–Kier alpha value is -1.76. The second-order valence-corrected chi connectivity index (χ2v) is 6.44. The highest BCUT2D eigenvalue weighted by Crippen LogP contribution is 2.30. The van der Waals surface area contributed by atoms with Gasteiger partial charge in [0.05, 0.1) is 0 Å². The lowest BCUT2D eigenvalue weighted by Crippen LogP contribution is -2.12. The molecule has 3 rings (SSSR count). The van der Waals surface area contributed by atoms with Gasteiger partial charge in [-0.1, -0.05) is 41.5 Å². The van der Waals surface area contributed by atoms with Gasteiger partial charge in [-0.2, -0.15) is 0 Å². The zero-order chi connectivity index (χ0) is 14.8. The number of hydrogen-bond acceptors (Lipinski definition) is 1. The molecule has 21 heavy (non-hydrogen) atoms. The van der Waals surface area contributed by atoms with E-state index in [0.29, 0.717) is 6.04 Å². The Balaban J connectivity index is 1.86. The van der Waals surface area contributed by atoms with Crippen LogP contribution in [0.5, 0.6) is 0 Å². The molecule has 0 spiro atoms. The molecule has 0 bridgehead atoms. The van der Waals surface area contributed by atoms with Gasteiger partial charge in [-0.05, 0) is 69.2 Å². The van der Waals surface area contributed by atoms with Crippen molar-refractivity contribution in [1.82, 2.24) is 0 Å². The molecular formula is C20H25N. The van der Waals surface area contributed by atoms with Gasteiger partial charge in [0, 0.05) is 11.7 Å². The third kappa shape index (κ3) is 3.12. The van der Waals surface area contributed by atoms with E-state index in [1.54, 1.807) is 11.1 Å². The van der Waals surface area contributed by atoms with Crippen LogP contribution >= 0.6 is 0 Å². The van der Waals surface area contributed by atoms with Gasteiger partial charge < -0.3 is 5.32 Å². The molecule has 2 aromatic carbocycles. The van der Waals surface area contributed by atoms with Crippen molar-refractivity contribution >= 4 is 5.69 Å². The zero-order valence-electron chi connectivity index (χ0n) is 13.4. The topological polar surface area (TPSA) is 12.0 Å². The molecule has 1 unspecified atom stereocenters. The summed E-state index contributed by atoms with van der Waals surface area (Å²) in [6.45, 7) is 6.61. The summed E-state index contributed by atoms with van der Waals surface area (Å²) in [6, 6.07) is 13.9. The maximum Gasteiger partial charge on any atom is 0.0485 e. The second kappa shape index (κ2) is 5.93. The molecule has 1 aliphatic rings. The lowest BCUT2D eigenvalue weighted by atomic mass is 9.90. The Bertz CT molecular complexity index is 622. The summed E-state index contributed by atoms with van der Waals surface area (Å²) in [6.07, 6.45) is 5.12. The minimum absolute atomic E-state index is 0.344. The quantitative estimate of drug-likeness (QED) is 0.798. The summed E-state index contributed by atoms with van der Waals surface area (Å²) in [5.41, 5.74) is 8.47. The summed E-state index contributed by atoms with van der Waals surface area (Å²) >= 11 is 0. The summed E-state index contributed by atoms with van der Waals surface area (Å²) in [5.74, 6) is 0. The molecule has 0 heterocycles. The number of nitrogens with one attached hydrogen (secondary N) is 1. The highest BCUT2D eigenvalue weighted by molar-refractivity contribution is 5.57. The predicted molar refractivity (Wildman–Crippen MR) is 91.0 cm³/mol. The molecule has 110 valence electrons. The van der Waals surface area contributed by atoms with Crippen LogP contribution in [0.25, 0.3) is 0 Å². The lowest BCUT2D eigenvalue weighted by molar-refractivity contribution is 0.685. The monoisotopic (exact) mass is 279 g/mol. The Kier molecular flexibility index (Phi) is 4.01. The molecule has 0 fully saturated rings. The standard InChI is InChI=1S/C20H25N/c1-14-11-15(2)13-18(12-14)16(3)21-20-10-6-8-17-7-4-5-9-19(17)20/h6,8,10-13,16,21H,4-5,7,9H2,1-3H3. The summed E-state index contributed by atoms with van der Waals surface area (Å²) in [5, 5.41) is 3.74. The molecular weight excluding hydrogens is 254 g/mol. The number of hydrogen-bond donors (Lipinski definition) is 1. The molecule has 1 heteroatoms. The van der Waals surface area contributed by atoms with Crippen LogP contribution < -0.4 is 5.32 Å². The number of anilines is 1. The molecule has 1 aliphatic carbocycles. The summed E-state index contributed by atoms with van der Waals surface area (Å²) in [4.78, 5) is 0. The molecule has 0 saturated carbocycles. The summed E-state index contributed by atoms with van der Waals surface area (Å²) < 4.78 is 0. The van der Waals surface area contributed by atoms with Crippen LogP contribution in [0.4, 0.5) is 5.69 Å². The minimum Gasteiger partial charge on any atom is -0.378 e. The van der Waals surface area contributed by atoms with Crippen molar-refractivity contribution in [3.63, 3.8) is 0 Å². The van der Waals surface area contributed by atoms with E-state index in [-0.39, 0.29) is 0 Å². The second-order valence-electron chi connectivity index (χ2n) is 6.44. The molecule has 0 saturated heterocycles. The summed E-state index contributed by atoms with van der Waals surface area (Å²) in [7, 11) is 0. The van der Waals surface area contributed by atoms with Gasteiger partial charge in [-0.15, -0.1) is 0 Å². The highest BCUT2D eigenvalue weighted by Gasteiger charge is 2.14. The van der Waals surface area contributed by atoms with Crippen LogP contribution in [-0.4, -0.2) is 0 Å².